The standard InChI is InChI=1S/C17H16Cl2N2O3/c1-10-3-11(2)5-14(4-10)24-9-16(22)21-20-8-12-6-13(18)7-15(19)17(12)23/h3-8,23H,9H2,1-2H3,(H,21,22)/b20-8+. The summed E-state index contributed by atoms with van der Waals surface area (Å²) in [6.07, 6.45) is 1.25. The molecule has 24 heavy (non-hydrogen) atoms. The quantitative estimate of drug-likeness (QED) is 0.623. The molecular formula is C17H16Cl2N2O3. The van der Waals surface area contributed by atoms with Crippen LogP contribution in [0.15, 0.2) is 35.4 Å². The van der Waals surface area contributed by atoms with Gasteiger partial charge in [0.15, 0.2) is 6.61 Å². The van der Waals surface area contributed by atoms with Crippen molar-refractivity contribution in [2.45, 2.75) is 13.8 Å². The number of amides is 1. The van der Waals surface area contributed by atoms with Crippen LogP contribution in [0.25, 0.3) is 0 Å². The molecule has 0 saturated carbocycles. The smallest absolute Gasteiger partial charge is 0.277 e. The fourth-order valence-corrected chi connectivity index (χ4v) is 2.56. The highest BCUT2D eigenvalue weighted by molar-refractivity contribution is 6.36. The molecule has 0 aliphatic rings. The summed E-state index contributed by atoms with van der Waals surface area (Å²) in [6, 6.07) is 8.58. The number of ether oxygens (including phenoxy) is 1. The Balaban J connectivity index is 1.91. The van der Waals surface area contributed by atoms with Crippen molar-refractivity contribution in [3.63, 3.8) is 0 Å². The first-order chi connectivity index (χ1) is 11.3. The van der Waals surface area contributed by atoms with E-state index < -0.39 is 5.91 Å². The monoisotopic (exact) mass is 366 g/mol. The van der Waals surface area contributed by atoms with Crippen LogP contribution < -0.4 is 10.2 Å². The number of phenols is 1. The van der Waals surface area contributed by atoms with Gasteiger partial charge in [0, 0.05) is 10.6 Å². The molecule has 2 rings (SSSR count). The molecule has 0 heterocycles. The Hall–Kier alpha value is -2.24. The number of carbonyl (C=O) groups excluding carboxylic acids is 1. The lowest BCUT2D eigenvalue weighted by atomic mass is 10.1. The molecule has 0 aromatic heterocycles. The Kier molecular flexibility index (Phi) is 6.06. The number of halogens is 2. The zero-order chi connectivity index (χ0) is 17.7. The highest BCUT2D eigenvalue weighted by Gasteiger charge is 2.06. The highest BCUT2D eigenvalue weighted by Crippen LogP contribution is 2.29. The molecule has 2 N–H and O–H groups in total. The third-order valence-electron chi connectivity index (χ3n) is 3.02. The summed E-state index contributed by atoms with van der Waals surface area (Å²) < 4.78 is 5.42. The second-order valence-electron chi connectivity index (χ2n) is 5.23. The molecule has 0 aliphatic carbocycles. The maximum absolute atomic E-state index is 11.7. The van der Waals surface area contributed by atoms with Gasteiger partial charge in [-0.3, -0.25) is 4.79 Å². The minimum absolute atomic E-state index is 0.105. The summed E-state index contributed by atoms with van der Waals surface area (Å²) >= 11 is 11.6. The van der Waals surface area contributed by atoms with Crippen molar-refractivity contribution in [3.8, 4) is 11.5 Å². The van der Waals surface area contributed by atoms with Crippen LogP contribution in [0.5, 0.6) is 11.5 Å². The Morgan fingerprint density at radius 3 is 2.54 bits per heavy atom. The summed E-state index contributed by atoms with van der Waals surface area (Å²) in [6.45, 7) is 3.72. The predicted molar refractivity (Wildman–Crippen MR) is 95.3 cm³/mol. The lowest BCUT2D eigenvalue weighted by Crippen LogP contribution is -2.24. The van der Waals surface area contributed by atoms with Gasteiger partial charge < -0.3 is 9.84 Å². The van der Waals surface area contributed by atoms with Crippen molar-refractivity contribution in [2.75, 3.05) is 6.61 Å². The minimum Gasteiger partial charge on any atom is -0.506 e. The Labute approximate surface area is 149 Å². The predicted octanol–water partition coefficient (Wildman–Crippen LogP) is 3.84. The number of benzene rings is 2. The average molecular weight is 367 g/mol. The third kappa shape index (κ3) is 5.15. The topological polar surface area (TPSA) is 70.9 Å². The van der Waals surface area contributed by atoms with Crippen LogP contribution in [0.3, 0.4) is 0 Å². The first kappa shape index (κ1) is 18.1. The van der Waals surface area contributed by atoms with Crippen molar-refractivity contribution < 1.29 is 14.6 Å². The maximum Gasteiger partial charge on any atom is 0.277 e. The number of nitrogens with one attached hydrogen (secondary N) is 1. The number of aromatic hydroxyl groups is 1. The number of rotatable bonds is 5. The Morgan fingerprint density at radius 1 is 1.21 bits per heavy atom. The van der Waals surface area contributed by atoms with Crippen LogP contribution in [-0.4, -0.2) is 23.8 Å². The number of hydrogen-bond acceptors (Lipinski definition) is 4. The average Bonchev–Trinajstić information content (AvgIpc) is 2.49. The van der Waals surface area contributed by atoms with E-state index in [0.717, 1.165) is 11.1 Å². The maximum atomic E-state index is 11.7. The van der Waals surface area contributed by atoms with E-state index in [2.05, 4.69) is 10.5 Å². The number of nitrogens with zero attached hydrogens (tertiary/aromatic N) is 1. The summed E-state index contributed by atoms with van der Waals surface area (Å²) in [5.74, 6) is 0.0227. The number of aryl methyl sites for hydroxylation is 2. The fourth-order valence-electron chi connectivity index (χ4n) is 2.06. The van der Waals surface area contributed by atoms with Crippen molar-refractivity contribution in [3.05, 3.63) is 57.1 Å². The molecule has 0 fully saturated rings. The van der Waals surface area contributed by atoms with Crippen molar-refractivity contribution >= 4 is 35.3 Å². The largest absolute Gasteiger partial charge is 0.506 e. The van der Waals surface area contributed by atoms with Gasteiger partial charge in [-0.25, -0.2) is 5.43 Å². The van der Waals surface area contributed by atoms with E-state index in [-0.39, 0.29) is 17.4 Å². The second-order valence-corrected chi connectivity index (χ2v) is 6.07. The molecule has 0 saturated heterocycles. The Morgan fingerprint density at radius 2 is 1.88 bits per heavy atom. The van der Waals surface area contributed by atoms with E-state index in [1.807, 2.05) is 32.0 Å². The molecule has 2 aromatic rings. The van der Waals surface area contributed by atoms with Gasteiger partial charge >= 0.3 is 0 Å². The lowest BCUT2D eigenvalue weighted by Gasteiger charge is -2.07. The molecule has 7 heteroatoms. The minimum atomic E-state index is -0.432. The SMILES string of the molecule is Cc1cc(C)cc(OCC(=O)N/N=C/c2cc(Cl)cc(Cl)c2O)c1. The van der Waals surface area contributed by atoms with Crippen molar-refractivity contribution in [1.82, 2.24) is 5.43 Å². The Bertz CT molecular complexity index is 771. The van der Waals surface area contributed by atoms with Crippen molar-refractivity contribution in [1.29, 1.82) is 0 Å². The van der Waals surface area contributed by atoms with Crippen LogP contribution in [0, 0.1) is 13.8 Å². The van der Waals surface area contributed by atoms with Gasteiger partial charge in [0.2, 0.25) is 0 Å². The molecule has 0 unspecified atom stereocenters. The van der Waals surface area contributed by atoms with Gasteiger partial charge in [-0.15, -0.1) is 0 Å². The number of hydrogen-bond donors (Lipinski definition) is 2. The van der Waals surface area contributed by atoms with E-state index in [4.69, 9.17) is 27.9 Å². The van der Waals surface area contributed by atoms with E-state index in [9.17, 15) is 9.90 Å². The van der Waals surface area contributed by atoms with Crippen LogP contribution in [-0.2, 0) is 4.79 Å². The van der Waals surface area contributed by atoms with Gasteiger partial charge in [-0.05, 0) is 49.2 Å². The summed E-state index contributed by atoms with van der Waals surface area (Å²) in [5.41, 5.74) is 4.70. The first-order valence-corrected chi connectivity index (χ1v) is 7.82. The second kappa shape index (κ2) is 8.04. The number of carbonyl (C=O) groups is 1. The summed E-state index contributed by atoms with van der Waals surface area (Å²) in [7, 11) is 0. The highest BCUT2D eigenvalue weighted by atomic mass is 35.5. The van der Waals surface area contributed by atoms with Gasteiger partial charge in [-0.2, -0.15) is 5.10 Å². The molecule has 1 amide bonds. The molecule has 5 nitrogen and oxygen atoms in total. The molecule has 0 spiro atoms. The molecule has 0 bridgehead atoms. The molecule has 0 atom stereocenters. The third-order valence-corrected chi connectivity index (χ3v) is 3.52. The molecule has 0 aliphatic heterocycles. The fraction of sp³-hybridized carbons (Fsp3) is 0.176. The van der Waals surface area contributed by atoms with Crippen LogP contribution in [0.2, 0.25) is 10.0 Å². The molecular weight excluding hydrogens is 351 g/mol. The van der Waals surface area contributed by atoms with Crippen LogP contribution >= 0.6 is 23.2 Å². The van der Waals surface area contributed by atoms with Crippen LogP contribution in [0.4, 0.5) is 0 Å². The van der Waals surface area contributed by atoms with E-state index in [1.165, 1.54) is 18.3 Å². The molecule has 0 radical (unpaired) electrons. The van der Waals surface area contributed by atoms with Gasteiger partial charge in [-0.1, -0.05) is 29.3 Å². The number of phenolic OH excluding ortho intramolecular Hbond substituents is 1. The van der Waals surface area contributed by atoms with Gasteiger partial charge in [0.25, 0.3) is 5.91 Å². The van der Waals surface area contributed by atoms with Crippen molar-refractivity contribution in [2.24, 2.45) is 5.10 Å². The summed E-state index contributed by atoms with van der Waals surface area (Å²) in [4.78, 5) is 11.7. The van der Waals surface area contributed by atoms with E-state index in [1.54, 1.807) is 0 Å². The molecule has 126 valence electrons. The first-order valence-electron chi connectivity index (χ1n) is 7.06. The zero-order valence-electron chi connectivity index (χ0n) is 13.1. The normalized spacial score (nSPS) is 10.8. The lowest BCUT2D eigenvalue weighted by molar-refractivity contribution is -0.123. The molecule has 2 aromatic carbocycles. The van der Waals surface area contributed by atoms with E-state index >= 15 is 0 Å². The van der Waals surface area contributed by atoms with Crippen LogP contribution in [0.1, 0.15) is 16.7 Å². The zero-order valence-corrected chi connectivity index (χ0v) is 14.6. The van der Waals surface area contributed by atoms with Gasteiger partial charge in [0.05, 0.1) is 11.2 Å². The van der Waals surface area contributed by atoms with Gasteiger partial charge in [0.1, 0.15) is 11.5 Å². The summed E-state index contributed by atoms with van der Waals surface area (Å²) in [5, 5.41) is 14.0. The van der Waals surface area contributed by atoms with E-state index in [0.29, 0.717) is 16.3 Å². The number of hydrazone groups is 1.